The molecular formula is C76H98N2O11. The van der Waals surface area contributed by atoms with Crippen molar-refractivity contribution in [2.45, 2.75) is 216 Å². The van der Waals surface area contributed by atoms with Crippen LogP contribution in [0.2, 0.25) is 0 Å². The number of hydrogen-bond acceptors (Lipinski definition) is 13. The first-order valence-electron chi connectivity index (χ1n) is 36.2. The molecule has 4 N–H and O–H groups in total. The average Bonchev–Trinajstić information content (AvgIpc) is 1.43. The van der Waals surface area contributed by atoms with Crippen LogP contribution in [-0.2, 0) is 46.2 Å². The molecule has 5 saturated heterocycles. The van der Waals surface area contributed by atoms with Crippen LogP contribution in [0.3, 0.4) is 0 Å². The second-order valence-corrected chi connectivity index (χ2v) is 34.6. The van der Waals surface area contributed by atoms with Gasteiger partial charge in [0.15, 0.2) is 11.9 Å². The van der Waals surface area contributed by atoms with Crippen molar-refractivity contribution in [3.63, 3.8) is 0 Å². The molecule has 8 heterocycles. The minimum Gasteiger partial charge on any atom is -0.469 e. The predicted octanol–water partition coefficient (Wildman–Crippen LogP) is 11.0. The van der Waals surface area contributed by atoms with Crippen molar-refractivity contribution < 1.29 is 53.1 Å². The van der Waals surface area contributed by atoms with Crippen LogP contribution in [0.1, 0.15) is 179 Å². The van der Waals surface area contributed by atoms with Crippen molar-refractivity contribution in [1.82, 2.24) is 10.2 Å². The summed E-state index contributed by atoms with van der Waals surface area (Å²) in [4.78, 5) is 52.6. The van der Waals surface area contributed by atoms with Crippen LogP contribution in [0.25, 0.3) is 0 Å². The topological polar surface area (TPSA) is 181 Å². The number of esters is 2. The lowest BCUT2D eigenvalue weighted by Crippen LogP contribution is -2.82. The fraction of sp³-hybridized carbons (Fsp3) is 0.776. The maximum absolute atomic E-state index is 17.6. The first kappa shape index (κ1) is 56.7. The molecule has 1 aromatic carbocycles. The van der Waals surface area contributed by atoms with E-state index in [1.807, 2.05) is 6.07 Å². The van der Waals surface area contributed by atoms with E-state index in [4.69, 9.17) is 23.4 Å². The summed E-state index contributed by atoms with van der Waals surface area (Å²) < 4.78 is 37.6. The summed E-state index contributed by atoms with van der Waals surface area (Å²) in [7, 11) is 0. The van der Waals surface area contributed by atoms with E-state index in [0.29, 0.717) is 48.3 Å². The predicted molar refractivity (Wildman–Crippen MR) is 328 cm³/mol. The highest BCUT2D eigenvalue weighted by Gasteiger charge is 3.00. The summed E-state index contributed by atoms with van der Waals surface area (Å²) in [5.74, 6) is -0.363. The van der Waals surface area contributed by atoms with Gasteiger partial charge >= 0.3 is 11.9 Å². The monoisotopic (exact) mass is 1210 g/mol. The summed E-state index contributed by atoms with van der Waals surface area (Å²) in [5, 5.41) is 41.7. The standard InChI is InChI=1S/C76H98N2O11/c1-41(2)29-48-34-49-33-47-19-24-71-26-25-70(22-8-9-23-70)58(71)18-17-54-53-36-68(3)64(51-21-28-85-57(51)35-52(56(80)38-79)44-15-16-50-45(32-44)20-27-78-40-77-37-55(50)78)87-67(84)65-76(68,88-65)74(46-14-10-13-43(31-46)30-42-11-6-5-7-12-42)60(53)72-39-86-66(83)62(73(47,54)71)75(49,72)89-69(48,4)61(72)59(81)63(74)82/h5-7,11-12,20-21,27-28,34,41,43-48,50,52-56,58,60-65,77,79-80,82H,8-10,13-19,22-26,29-33,35-40H2,1-4H3. The van der Waals surface area contributed by atoms with Crippen molar-refractivity contribution in [2.75, 3.05) is 26.4 Å². The summed E-state index contributed by atoms with van der Waals surface area (Å²) in [6, 6.07) is 13.3. The Balaban J connectivity index is 0.835. The van der Waals surface area contributed by atoms with E-state index in [1.165, 1.54) is 43.2 Å². The van der Waals surface area contributed by atoms with Crippen LogP contribution in [0, 0.1) is 121 Å². The van der Waals surface area contributed by atoms with E-state index in [0.717, 1.165) is 115 Å². The number of benzene rings is 1. The van der Waals surface area contributed by atoms with E-state index in [2.05, 4.69) is 86.6 Å². The van der Waals surface area contributed by atoms with Gasteiger partial charge in [0.1, 0.15) is 35.8 Å². The molecule has 478 valence electrons. The normalized spacial score (nSPS) is 52.3. The fourth-order valence-corrected chi connectivity index (χ4v) is 30.0. The van der Waals surface area contributed by atoms with Gasteiger partial charge in [-0.3, -0.25) is 14.9 Å². The molecule has 27 unspecified atom stereocenters. The molecule has 7 aliphatic heterocycles. The minimum absolute atomic E-state index is 0.0443. The molecule has 0 radical (unpaired) electrons. The van der Waals surface area contributed by atoms with Crippen molar-refractivity contribution in [2.24, 2.45) is 121 Å². The highest BCUT2D eigenvalue weighted by atomic mass is 16.7. The number of Topliss-reactive ketones (excluding diaryl/α,β-unsaturated/α-hetero) is 1. The van der Waals surface area contributed by atoms with Gasteiger partial charge in [-0.2, -0.15) is 0 Å². The molecule has 5 bridgehead atoms. The summed E-state index contributed by atoms with van der Waals surface area (Å²) in [6.07, 6.45) is 26.1. The Morgan fingerprint density at radius 3 is 2.51 bits per heavy atom. The molecule has 19 rings (SSSR count). The van der Waals surface area contributed by atoms with Gasteiger partial charge in [0.2, 0.25) is 0 Å². The zero-order valence-electron chi connectivity index (χ0n) is 53.3. The molecule has 13 nitrogen and oxygen atoms in total. The smallest absolute Gasteiger partial charge is 0.339 e. The van der Waals surface area contributed by atoms with Crippen molar-refractivity contribution in [1.29, 1.82) is 0 Å². The molecule has 15 fully saturated rings. The van der Waals surface area contributed by atoms with Crippen LogP contribution in [0.15, 0.2) is 71.0 Å². The van der Waals surface area contributed by atoms with Crippen molar-refractivity contribution in [3.8, 4) is 0 Å². The van der Waals surface area contributed by atoms with Gasteiger partial charge in [0.05, 0.1) is 48.5 Å². The van der Waals surface area contributed by atoms with E-state index in [-0.39, 0.29) is 83.1 Å². The van der Waals surface area contributed by atoms with Gasteiger partial charge in [-0.05, 0) is 227 Å². The number of aliphatic hydroxyl groups is 3. The van der Waals surface area contributed by atoms with Crippen LogP contribution in [0.4, 0.5) is 0 Å². The van der Waals surface area contributed by atoms with E-state index < -0.39 is 86.6 Å². The second kappa shape index (κ2) is 18.8. The molecule has 0 amide bonds. The molecule has 1 aromatic heterocycles. The number of aliphatic hydroxyl groups excluding tert-OH is 3. The molecule has 10 aliphatic carbocycles. The largest absolute Gasteiger partial charge is 0.469 e. The molecule has 17 aliphatic rings. The van der Waals surface area contributed by atoms with Gasteiger partial charge in [0.25, 0.3) is 0 Å². The maximum atomic E-state index is 17.6. The van der Waals surface area contributed by atoms with Crippen LogP contribution in [0.5, 0.6) is 0 Å². The number of epoxide rings is 1. The molecule has 13 heteroatoms. The summed E-state index contributed by atoms with van der Waals surface area (Å²) in [6.45, 7) is 10.7. The quantitative estimate of drug-likeness (QED) is 0.0949. The summed E-state index contributed by atoms with van der Waals surface area (Å²) >= 11 is 0. The van der Waals surface area contributed by atoms with Crippen molar-refractivity contribution >= 4 is 17.7 Å². The van der Waals surface area contributed by atoms with Gasteiger partial charge < -0.3 is 43.6 Å². The van der Waals surface area contributed by atoms with Gasteiger partial charge in [-0.1, -0.05) is 88.9 Å². The van der Waals surface area contributed by atoms with E-state index in [9.17, 15) is 15.3 Å². The zero-order valence-corrected chi connectivity index (χ0v) is 53.3. The van der Waals surface area contributed by atoms with Crippen LogP contribution >= 0.6 is 0 Å². The van der Waals surface area contributed by atoms with Gasteiger partial charge in [-0.25, -0.2) is 4.79 Å². The molecule has 10 saturated carbocycles. The van der Waals surface area contributed by atoms with Crippen LogP contribution in [-0.4, -0.2) is 106 Å². The number of allylic oxidation sites excluding steroid dienone is 1. The number of ketones is 1. The number of nitrogens with zero attached hydrogens (tertiary/aromatic N) is 1. The molecular weight excluding hydrogens is 1120 g/mol. The lowest BCUT2D eigenvalue weighted by molar-refractivity contribution is -0.302. The van der Waals surface area contributed by atoms with E-state index in [1.54, 1.807) is 6.26 Å². The number of cyclic esters (lactones) is 2. The first-order chi connectivity index (χ1) is 43.0. The second-order valence-electron chi connectivity index (χ2n) is 34.6. The molecule has 27 atom stereocenters. The maximum Gasteiger partial charge on any atom is 0.339 e. The number of rotatable bonds is 11. The first-order valence-corrected chi connectivity index (χ1v) is 36.2. The number of ether oxygens (including phenoxy) is 4. The third-order valence-corrected chi connectivity index (χ3v) is 32.0. The third-order valence-electron chi connectivity index (χ3n) is 32.0. The number of carbonyl (C=O) groups is 3. The number of nitrogens with one attached hydrogen (secondary N) is 1. The lowest BCUT2D eigenvalue weighted by atomic mass is 9.29. The molecule has 6 spiro atoms. The highest BCUT2D eigenvalue weighted by molar-refractivity contribution is 5.94. The minimum atomic E-state index is -1.50. The van der Waals surface area contributed by atoms with Gasteiger partial charge in [0, 0.05) is 41.3 Å². The summed E-state index contributed by atoms with van der Waals surface area (Å²) in [5.41, 5.74) is -3.98. The Kier molecular flexibility index (Phi) is 11.9. The number of furan rings is 1. The average molecular weight is 1220 g/mol. The lowest BCUT2D eigenvalue weighted by Gasteiger charge is -2.73. The Morgan fingerprint density at radius 2 is 1.69 bits per heavy atom. The Morgan fingerprint density at radius 1 is 0.843 bits per heavy atom. The Hall–Kier alpha value is -3.85. The number of hydrogen-bond donors (Lipinski definition) is 4. The zero-order chi connectivity index (χ0) is 60.4. The SMILES string of the molecule is CC(C)CC1C=C2CC3CCC45CCC6(CCCC6)C4CCC4C6CC7(C)C(c8ccoc8CC(C(O)CO)C8CCC9C(C=CN%10CNCC9%10)C8)OC(=O)C8OC87C7(C8CCCC(Cc9ccccc9)C8)C(O)C(=O)C8C1(C)OC21C(C(=O)OCC81C67)C345. The number of carbonyl (C=O) groups excluding carboxylic acids is 3. The van der Waals surface area contributed by atoms with Gasteiger partial charge in [-0.15, -0.1) is 0 Å². The fourth-order valence-electron chi connectivity index (χ4n) is 30.0. The van der Waals surface area contributed by atoms with Crippen LogP contribution < -0.4 is 5.32 Å². The van der Waals surface area contributed by atoms with Crippen molar-refractivity contribution in [3.05, 3.63) is 83.5 Å². The molecule has 89 heavy (non-hydrogen) atoms. The third kappa shape index (κ3) is 6.43. The van der Waals surface area contributed by atoms with E-state index >= 15 is 14.4 Å². The molecule has 2 aromatic rings. The Bertz CT molecular complexity index is 3350. The number of fused-ring (bicyclic) bond motifs is 7. The Labute approximate surface area is 526 Å². The highest BCUT2D eigenvalue weighted by Crippen LogP contribution is 2.94.